The first-order valence-electron chi connectivity index (χ1n) is 8.31. The van der Waals surface area contributed by atoms with Gasteiger partial charge in [0.05, 0.1) is 14.9 Å². The van der Waals surface area contributed by atoms with Gasteiger partial charge >= 0.3 is 0 Å². The molecule has 3 aliphatic heterocycles. The average molecular weight is 383 g/mol. The molecule has 1 aromatic carbocycles. The first kappa shape index (κ1) is 16.6. The number of hydrogen-bond donors (Lipinski definition) is 1. The zero-order chi connectivity index (χ0) is 17.1. The Balaban J connectivity index is 1.60. The molecule has 3 aliphatic rings. The van der Waals surface area contributed by atoms with Crippen LogP contribution in [0.5, 0.6) is 0 Å². The van der Waals surface area contributed by atoms with Crippen LogP contribution in [0.1, 0.15) is 36.4 Å². The molecule has 1 amide bonds. The third-order valence-corrected chi connectivity index (χ3v) is 7.48. The molecule has 1 unspecified atom stereocenters. The molecule has 3 nitrogen and oxygen atoms in total. The Bertz CT molecular complexity index is 770. The average Bonchev–Trinajstić information content (AvgIpc) is 2.94. The summed E-state index contributed by atoms with van der Waals surface area (Å²) >= 11 is 13.6. The van der Waals surface area contributed by atoms with E-state index < -0.39 is 0 Å². The molecule has 1 atom stereocenters. The van der Waals surface area contributed by atoms with Crippen molar-refractivity contribution in [1.29, 1.82) is 0 Å². The van der Waals surface area contributed by atoms with Crippen LogP contribution in [0.3, 0.4) is 0 Å². The summed E-state index contributed by atoms with van der Waals surface area (Å²) in [5.74, 6) is 0.586. The number of rotatable bonds is 2. The van der Waals surface area contributed by atoms with Crippen molar-refractivity contribution in [1.82, 2.24) is 10.2 Å². The van der Waals surface area contributed by atoms with Gasteiger partial charge in [0.2, 0.25) is 0 Å². The number of thiophene rings is 1. The van der Waals surface area contributed by atoms with E-state index in [1.54, 1.807) is 0 Å². The maximum Gasteiger partial charge on any atom is 0.261 e. The summed E-state index contributed by atoms with van der Waals surface area (Å²) in [4.78, 5) is 16.1. The number of nitrogens with zero attached hydrogens (tertiary/aromatic N) is 1. The molecule has 128 valence electrons. The number of fused-ring (bicyclic) bond motifs is 4. The first-order chi connectivity index (χ1) is 11.4. The van der Waals surface area contributed by atoms with E-state index in [0.717, 1.165) is 28.1 Å². The highest BCUT2D eigenvalue weighted by atomic mass is 35.5. The number of hydrogen-bond acceptors (Lipinski definition) is 3. The van der Waals surface area contributed by atoms with Crippen molar-refractivity contribution in [3.63, 3.8) is 0 Å². The van der Waals surface area contributed by atoms with Gasteiger partial charge in [0.15, 0.2) is 0 Å². The Morgan fingerprint density at radius 2 is 1.88 bits per heavy atom. The normalized spacial score (nSPS) is 28.2. The van der Waals surface area contributed by atoms with Crippen LogP contribution in [-0.2, 0) is 0 Å². The molecule has 3 fully saturated rings. The van der Waals surface area contributed by atoms with E-state index in [1.807, 2.05) is 18.2 Å². The molecule has 6 heteroatoms. The lowest BCUT2D eigenvalue weighted by molar-refractivity contribution is -0.0377. The van der Waals surface area contributed by atoms with E-state index in [1.165, 1.54) is 24.2 Å². The smallest absolute Gasteiger partial charge is 0.261 e. The number of carbonyl (C=O) groups excluding carboxylic acids is 1. The van der Waals surface area contributed by atoms with E-state index in [-0.39, 0.29) is 17.5 Å². The van der Waals surface area contributed by atoms with Crippen molar-refractivity contribution in [3.05, 3.63) is 33.1 Å². The first-order valence-corrected chi connectivity index (χ1v) is 9.88. The summed E-state index contributed by atoms with van der Waals surface area (Å²) < 4.78 is 0.989. The molecule has 0 spiro atoms. The van der Waals surface area contributed by atoms with Gasteiger partial charge in [-0.1, -0.05) is 23.2 Å². The summed E-state index contributed by atoms with van der Waals surface area (Å²) in [6.45, 7) is 6.77. The van der Waals surface area contributed by atoms with Crippen molar-refractivity contribution < 1.29 is 4.79 Å². The molecular weight excluding hydrogens is 363 g/mol. The summed E-state index contributed by atoms with van der Waals surface area (Å²) in [5.41, 5.74) is 0.0140. The van der Waals surface area contributed by atoms with Gasteiger partial charge in [-0.05, 0) is 69.3 Å². The molecule has 5 rings (SSSR count). The lowest BCUT2D eigenvalue weighted by Gasteiger charge is -2.56. The fraction of sp³-hybridized carbons (Fsp3) is 0.500. The Morgan fingerprint density at radius 1 is 1.21 bits per heavy atom. The molecule has 24 heavy (non-hydrogen) atoms. The Hall–Kier alpha value is -0.810. The van der Waals surface area contributed by atoms with Crippen LogP contribution < -0.4 is 5.32 Å². The second-order valence-electron chi connectivity index (χ2n) is 7.34. The molecule has 3 saturated heterocycles. The number of benzene rings is 1. The van der Waals surface area contributed by atoms with Gasteiger partial charge in [0.1, 0.15) is 0 Å². The van der Waals surface area contributed by atoms with Gasteiger partial charge in [-0.3, -0.25) is 9.69 Å². The minimum Gasteiger partial charge on any atom is -0.346 e. The molecule has 1 N–H and O–H groups in total. The molecule has 0 radical (unpaired) electrons. The molecular formula is C18H20Cl2N2OS. The summed E-state index contributed by atoms with van der Waals surface area (Å²) in [6, 6.07) is 5.76. The summed E-state index contributed by atoms with van der Waals surface area (Å²) in [7, 11) is 0. The number of piperidine rings is 3. The maximum absolute atomic E-state index is 12.8. The summed E-state index contributed by atoms with van der Waals surface area (Å²) in [5, 5.41) is 5.32. The monoisotopic (exact) mass is 382 g/mol. The topological polar surface area (TPSA) is 32.3 Å². The minimum atomic E-state index is 0.00951. The van der Waals surface area contributed by atoms with E-state index in [0.29, 0.717) is 16.0 Å². The number of amides is 1. The largest absolute Gasteiger partial charge is 0.346 e. The fourth-order valence-electron chi connectivity index (χ4n) is 4.24. The van der Waals surface area contributed by atoms with Crippen LogP contribution in [0.4, 0.5) is 0 Å². The van der Waals surface area contributed by atoms with Crippen LogP contribution in [0.25, 0.3) is 10.1 Å². The van der Waals surface area contributed by atoms with E-state index in [9.17, 15) is 4.79 Å². The number of nitrogens with one attached hydrogen (secondary N) is 1. The Morgan fingerprint density at radius 3 is 2.54 bits per heavy atom. The SMILES string of the molecule is CC1(C)C(NC(=O)c2cc3cc(Cl)c(Cl)cc3s2)C2CCN1CC2. The van der Waals surface area contributed by atoms with Gasteiger partial charge in [0, 0.05) is 16.3 Å². The highest BCUT2D eigenvalue weighted by molar-refractivity contribution is 7.20. The zero-order valence-corrected chi connectivity index (χ0v) is 16.1. The van der Waals surface area contributed by atoms with Gasteiger partial charge in [-0.25, -0.2) is 0 Å². The Kier molecular flexibility index (Phi) is 4.07. The third-order valence-electron chi connectivity index (χ3n) is 5.66. The zero-order valence-electron chi connectivity index (χ0n) is 13.7. The van der Waals surface area contributed by atoms with Crippen molar-refractivity contribution in [2.75, 3.05) is 13.1 Å². The molecule has 0 saturated carbocycles. The number of halogens is 2. The molecule has 1 aromatic heterocycles. The summed E-state index contributed by atoms with van der Waals surface area (Å²) in [6.07, 6.45) is 2.35. The van der Waals surface area contributed by atoms with Crippen LogP contribution >= 0.6 is 34.5 Å². The van der Waals surface area contributed by atoms with Crippen LogP contribution in [0.2, 0.25) is 10.0 Å². The predicted octanol–water partition coefficient (Wildman–Crippen LogP) is 4.81. The van der Waals surface area contributed by atoms with E-state index in [2.05, 4.69) is 24.1 Å². The molecule has 2 aromatic rings. The minimum absolute atomic E-state index is 0.00951. The van der Waals surface area contributed by atoms with Crippen LogP contribution in [0, 0.1) is 5.92 Å². The van der Waals surface area contributed by atoms with Crippen LogP contribution in [0.15, 0.2) is 18.2 Å². The van der Waals surface area contributed by atoms with Crippen molar-refractivity contribution in [2.24, 2.45) is 5.92 Å². The van der Waals surface area contributed by atoms with E-state index >= 15 is 0 Å². The maximum atomic E-state index is 12.8. The molecule has 2 bridgehead atoms. The second-order valence-corrected chi connectivity index (χ2v) is 9.24. The third kappa shape index (κ3) is 2.64. The van der Waals surface area contributed by atoms with Crippen LogP contribution in [-0.4, -0.2) is 35.5 Å². The van der Waals surface area contributed by atoms with Gasteiger partial charge in [-0.15, -0.1) is 11.3 Å². The Labute approximate surface area is 155 Å². The van der Waals surface area contributed by atoms with Crippen molar-refractivity contribution in [3.8, 4) is 0 Å². The number of carbonyl (C=O) groups is 1. The highest BCUT2D eigenvalue weighted by Crippen LogP contribution is 2.39. The molecule has 4 heterocycles. The standard InChI is InChI=1S/C18H20Cl2N2OS/c1-18(2)16(10-3-5-22(18)6-4-10)21-17(23)15-8-11-7-12(19)13(20)9-14(11)24-15/h7-10,16H,3-6H2,1-2H3,(H,21,23). The lowest BCUT2D eigenvalue weighted by Crippen LogP contribution is -2.69. The van der Waals surface area contributed by atoms with E-state index in [4.69, 9.17) is 23.2 Å². The second kappa shape index (κ2) is 5.87. The quantitative estimate of drug-likeness (QED) is 0.807. The highest BCUT2D eigenvalue weighted by Gasteiger charge is 2.48. The molecule has 0 aliphatic carbocycles. The van der Waals surface area contributed by atoms with Crippen molar-refractivity contribution >= 4 is 50.5 Å². The van der Waals surface area contributed by atoms with Gasteiger partial charge in [0.25, 0.3) is 5.91 Å². The van der Waals surface area contributed by atoms with Gasteiger partial charge in [-0.2, -0.15) is 0 Å². The fourth-order valence-corrected chi connectivity index (χ4v) is 5.62. The van der Waals surface area contributed by atoms with Crippen molar-refractivity contribution in [2.45, 2.75) is 38.3 Å². The lowest BCUT2D eigenvalue weighted by atomic mass is 9.72. The van der Waals surface area contributed by atoms with Gasteiger partial charge < -0.3 is 5.32 Å². The predicted molar refractivity (Wildman–Crippen MR) is 101 cm³/mol.